The Bertz CT molecular complexity index is 62.0. The van der Waals surface area contributed by atoms with Gasteiger partial charge in [-0.05, 0) is 17.5 Å². The lowest BCUT2D eigenvalue weighted by Gasteiger charge is -2.10. The van der Waals surface area contributed by atoms with E-state index in [1.807, 2.05) is 0 Å². The van der Waals surface area contributed by atoms with Gasteiger partial charge in [-0.3, -0.25) is 0 Å². The minimum absolute atomic E-state index is 0.500. The molecule has 4 heteroatoms. The molecule has 0 heterocycles. The number of rotatable bonds is 4. The van der Waals surface area contributed by atoms with Gasteiger partial charge in [-0.15, -0.1) is 0 Å². The second-order valence-corrected chi connectivity index (χ2v) is 6.33. The van der Waals surface area contributed by atoms with Crippen LogP contribution in [0.2, 0.25) is 11.1 Å². The average molecular weight is 164 g/mol. The second kappa shape index (κ2) is 5.16. The van der Waals surface area contributed by atoms with E-state index in [-0.39, 0.29) is 0 Å². The molecule has 9 heavy (non-hydrogen) atoms. The zero-order chi connectivity index (χ0) is 7.28. The third-order valence-corrected chi connectivity index (χ3v) is 3.34. The fourth-order valence-corrected chi connectivity index (χ4v) is 2.74. The highest BCUT2D eigenvalue weighted by molar-refractivity contribution is 6.30. The molecule has 0 bridgehead atoms. The van der Waals surface area contributed by atoms with Crippen LogP contribution in [0.4, 0.5) is 0 Å². The Hall–Kier alpha value is 0.354. The van der Waals surface area contributed by atoms with Crippen LogP contribution in [0.25, 0.3) is 0 Å². The van der Waals surface area contributed by atoms with Gasteiger partial charge in [-0.1, -0.05) is 13.8 Å². The predicted octanol–water partition coefficient (Wildman–Crippen LogP) is -0.855. The Kier molecular flexibility index (Phi) is 5.37. The van der Waals surface area contributed by atoms with Crippen molar-refractivity contribution >= 4 is 19.5 Å². The maximum absolute atomic E-state index is 8.75. The molecule has 0 radical (unpaired) electrons. The SMILES string of the molecule is CC(CC(C)[SiH2]O)[SiH2]O. The first-order valence-corrected chi connectivity index (χ1v) is 6.32. The van der Waals surface area contributed by atoms with Crippen LogP contribution in [0.3, 0.4) is 0 Å². The first kappa shape index (κ1) is 9.35. The normalized spacial score (nSPS) is 20.0. The molecule has 0 saturated carbocycles. The van der Waals surface area contributed by atoms with Crippen LogP contribution in [0.1, 0.15) is 20.3 Å². The first-order valence-electron chi connectivity index (χ1n) is 3.42. The van der Waals surface area contributed by atoms with Crippen LogP contribution in [-0.4, -0.2) is 29.1 Å². The number of hydrogen-bond acceptors (Lipinski definition) is 2. The fraction of sp³-hybridized carbons (Fsp3) is 1.00. The van der Waals surface area contributed by atoms with Crippen LogP contribution in [0.15, 0.2) is 0 Å². The second-order valence-electron chi connectivity index (χ2n) is 2.81. The molecule has 56 valence electrons. The van der Waals surface area contributed by atoms with Crippen molar-refractivity contribution in [1.82, 2.24) is 0 Å². The Morgan fingerprint density at radius 3 is 1.67 bits per heavy atom. The van der Waals surface area contributed by atoms with Crippen molar-refractivity contribution in [3.05, 3.63) is 0 Å². The Labute approximate surface area is 61.2 Å². The summed E-state index contributed by atoms with van der Waals surface area (Å²) in [4.78, 5) is 17.5. The molecule has 0 saturated heterocycles. The van der Waals surface area contributed by atoms with Gasteiger partial charge in [0.05, 0.1) is 0 Å². The molecule has 0 aromatic heterocycles. The molecule has 2 N–H and O–H groups in total. The van der Waals surface area contributed by atoms with Gasteiger partial charge in [0.25, 0.3) is 0 Å². The molecule has 0 aliphatic heterocycles. The lowest BCUT2D eigenvalue weighted by atomic mass is 10.3. The lowest BCUT2D eigenvalue weighted by molar-refractivity contribution is 0.546. The van der Waals surface area contributed by atoms with Crippen LogP contribution in [-0.2, 0) is 0 Å². The van der Waals surface area contributed by atoms with Gasteiger partial charge in [0.2, 0.25) is 0 Å². The summed E-state index contributed by atoms with van der Waals surface area (Å²) in [6.45, 7) is 4.12. The van der Waals surface area contributed by atoms with E-state index in [2.05, 4.69) is 13.8 Å². The van der Waals surface area contributed by atoms with E-state index in [9.17, 15) is 0 Å². The molecule has 2 atom stereocenters. The summed E-state index contributed by atoms with van der Waals surface area (Å²) in [5.41, 5.74) is 0.999. The summed E-state index contributed by atoms with van der Waals surface area (Å²) in [5.74, 6) is 0. The van der Waals surface area contributed by atoms with E-state index in [1.165, 1.54) is 0 Å². The molecule has 0 amide bonds. The van der Waals surface area contributed by atoms with E-state index in [1.54, 1.807) is 0 Å². The first-order chi connectivity index (χ1) is 4.20. The molecule has 2 unspecified atom stereocenters. The van der Waals surface area contributed by atoms with Gasteiger partial charge in [-0.2, -0.15) is 0 Å². The van der Waals surface area contributed by atoms with Gasteiger partial charge < -0.3 is 9.59 Å². The molecule has 0 aromatic rings. The summed E-state index contributed by atoms with van der Waals surface area (Å²) >= 11 is 0. The third kappa shape index (κ3) is 4.83. The number of hydrogen-bond donors (Lipinski definition) is 2. The maximum atomic E-state index is 8.75. The topological polar surface area (TPSA) is 40.5 Å². The average Bonchev–Trinajstić information content (AvgIpc) is 1.87. The van der Waals surface area contributed by atoms with Crippen LogP contribution in [0, 0.1) is 0 Å². The highest BCUT2D eigenvalue weighted by Gasteiger charge is 2.06. The predicted molar refractivity (Wildman–Crippen MR) is 45.0 cm³/mol. The fourth-order valence-electron chi connectivity index (χ4n) is 0.836. The van der Waals surface area contributed by atoms with E-state index in [0.717, 1.165) is 6.42 Å². The van der Waals surface area contributed by atoms with E-state index in [4.69, 9.17) is 9.59 Å². The molecule has 0 spiro atoms. The van der Waals surface area contributed by atoms with Crippen molar-refractivity contribution in [3.63, 3.8) is 0 Å². The summed E-state index contributed by atoms with van der Waals surface area (Å²) in [7, 11) is -1.61. The molecule has 0 aromatic carbocycles. The van der Waals surface area contributed by atoms with Gasteiger partial charge in [-0.25, -0.2) is 0 Å². The van der Waals surface area contributed by atoms with Crippen molar-refractivity contribution in [2.45, 2.75) is 31.4 Å². The van der Waals surface area contributed by atoms with E-state index >= 15 is 0 Å². The van der Waals surface area contributed by atoms with Gasteiger partial charge in [0, 0.05) is 0 Å². The molecule has 0 rings (SSSR count). The molecule has 2 nitrogen and oxygen atoms in total. The van der Waals surface area contributed by atoms with Crippen molar-refractivity contribution < 1.29 is 9.59 Å². The van der Waals surface area contributed by atoms with Gasteiger partial charge in [0.1, 0.15) is 0 Å². The summed E-state index contributed by atoms with van der Waals surface area (Å²) in [6.07, 6.45) is 1.03. The third-order valence-electron chi connectivity index (χ3n) is 1.43. The zero-order valence-corrected chi connectivity index (χ0v) is 9.00. The van der Waals surface area contributed by atoms with E-state index in [0.29, 0.717) is 11.1 Å². The summed E-state index contributed by atoms with van der Waals surface area (Å²) in [6, 6.07) is 0. The highest BCUT2D eigenvalue weighted by Crippen LogP contribution is 2.17. The molecule has 0 aliphatic carbocycles. The molecular formula is C5H16O2Si2. The smallest absolute Gasteiger partial charge is 0.159 e. The zero-order valence-electron chi connectivity index (χ0n) is 6.17. The molecule has 0 aliphatic rings. The van der Waals surface area contributed by atoms with Crippen molar-refractivity contribution in [2.75, 3.05) is 0 Å². The lowest BCUT2D eigenvalue weighted by Crippen LogP contribution is -2.05. The van der Waals surface area contributed by atoms with Crippen molar-refractivity contribution in [2.24, 2.45) is 0 Å². The summed E-state index contributed by atoms with van der Waals surface area (Å²) in [5, 5.41) is 0. The quantitative estimate of drug-likeness (QED) is 0.531. The van der Waals surface area contributed by atoms with Crippen LogP contribution < -0.4 is 0 Å². The van der Waals surface area contributed by atoms with Crippen LogP contribution in [0.5, 0.6) is 0 Å². The Morgan fingerprint density at radius 2 is 1.44 bits per heavy atom. The highest BCUT2D eigenvalue weighted by atomic mass is 28.2. The van der Waals surface area contributed by atoms with E-state index < -0.39 is 19.5 Å². The van der Waals surface area contributed by atoms with Gasteiger partial charge in [0.15, 0.2) is 19.5 Å². The Balaban J connectivity index is 3.22. The minimum atomic E-state index is -0.803. The van der Waals surface area contributed by atoms with Gasteiger partial charge >= 0.3 is 0 Å². The minimum Gasteiger partial charge on any atom is -0.438 e. The molecule has 0 fully saturated rings. The van der Waals surface area contributed by atoms with Crippen LogP contribution >= 0.6 is 0 Å². The maximum Gasteiger partial charge on any atom is 0.159 e. The largest absolute Gasteiger partial charge is 0.438 e. The Morgan fingerprint density at radius 1 is 1.11 bits per heavy atom. The summed E-state index contributed by atoms with van der Waals surface area (Å²) < 4.78 is 0. The van der Waals surface area contributed by atoms with Crippen molar-refractivity contribution in [1.29, 1.82) is 0 Å². The monoisotopic (exact) mass is 164 g/mol. The molecular weight excluding hydrogens is 148 g/mol. The van der Waals surface area contributed by atoms with Crippen molar-refractivity contribution in [3.8, 4) is 0 Å². The standard InChI is InChI=1S/C5H16O2Si2/c1-4(8-6)3-5(2)9-7/h4-7H,3,8-9H2,1-2H3.